The van der Waals surface area contributed by atoms with E-state index < -0.39 is 0 Å². The van der Waals surface area contributed by atoms with Crippen LogP contribution in [0, 0.1) is 6.92 Å². The zero-order chi connectivity index (χ0) is 12.6. The molecule has 0 bridgehead atoms. The molecule has 0 aliphatic rings. The lowest BCUT2D eigenvalue weighted by atomic mass is 9.92. The third-order valence-electron chi connectivity index (χ3n) is 3.45. The van der Waals surface area contributed by atoms with Gasteiger partial charge in [0.1, 0.15) is 5.52 Å². The Balaban J connectivity index is 2.66. The van der Waals surface area contributed by atoms with E-state index in [-0.39, 0.29) is 0 Å². The number of hydrogen-bond donors (Lipinski definition) is 0. The molecular formula is C15H21NO. The fourth-order valence-electron chi connectivity index (χ4n) is 2.14. The maximum atomic E-state index is 5.72. The molecule has 0 aliphatic heterocycles. The topological polar surface area (TPSA) is 26.0 Å². The monoisotopic (exact) mass is 231 g/mol. The lowest BCUT2D eigenvalue weighted by Gasteiger charge is -2.13. The van der Waals surface area contributed by atoms with E-state index in [1.54, 1.807) is 0 Å². The van der Waals surface area contributed by atoms with E-state index in [0.717, 1.165) is 23.4 Å². The predicted molar refractivity (Wildman–Crippen MR) is 71.5 cm³/mol. The molecule has 1 aromatic heterocycles. The van der Waals surface area contributed by atoms with Crippen LogP contribution in [-0.4, -0.2) is 4.98 Å². The van der Waals surface area contributed by atoms with E-state index >= 15 is 0 Å². The van der Waals surface area contributed by atoms with Crippen molar-refractivity contribution in [3.63, 3.8) is 0 Å². The van der Waals surface area contributed by atoms with Gasteiger partial charge in [-0.15, -0.1) is 0 Å². The molecule has 2 nitrogen and oxygen atoms in total. The fraction of sp³-hybridized carbons (Fsp3) is 0.533. The summed E-state index contributed by atoms with van der Waals surface area (Å²) in [6.07, 6.45) is 1.15. The Bertz CT molecular complexity index is 525. The van der Waals surface area contributed by atoms with Gasteiger partial charge in [0.25, 0.3) is 0 Å². The molecule has 0 fully saturated rings. The quantitative estimate of drug-likeness (QED) is 0.760. The highest BCUT2D eigenvalue weighted by Gasteiger charge is 2.15. The van der Waals surface area contributed by atoms with Gasteiger partial charge in [-0.3, -0.25) is 0 Å². The van der Waals surface area contributed by atoms with Crippen molar-refractivity contribution < 1.29 is 4.42 Å². The molecule has 1 aromatic carbocycles. The highest BCUT2D eigenvalue weighted by Crippen LogP contribution is 2.31. The molecule has 0 saturated heterocycles. The smallest absolute Gasteiger partial charge is 0.192 e. The summed E-state index contributed by atoms with van der Waals surface area (Å²) in [7, 11) is 0. The third kappa shape index (κ3) is 2.21. The normalized spacial score (nSPS) is 13.5. The van der Waals surface area contributed by atoms with Crippen LogP contribution in [0.15, 0.2) is 16.5 Å². The molecule has 0 saturated carbocycles. The molecule has 0 radical (unpaired) electrons. The lowest BCUT2D eigenvalue weighted by molar-refractivity contribution is 0.555. The zero-order valence-corrected chi connectivity index (χ0v) is 11.4. The van der Waals surface area contributed by atoms with Gasteiger partial charge in [-0.2, -0.15) is 0 Å². The Hall–Kier alpha value is -1.31. The van der Waals surface area contributed by atoms with Crippen LogP contribution in [0.25, 0.3) is 11.1 Å². The van der Waals surface area contributed by atoms with Gasteiger partial charge in [-0.1, -0.05) is 33.8 Å². The first-order valence-corrected chi connectivity index (χ1v) is 6.43. The van der Waals surface area contributed by atoms with Gasteiger partial charge in [0.15, 0.2) is 11.5 Å². The molecule has 17 heavy (non-hydrogen) atoms. The largest absolute Gasteiger partial charge is 0.441 e. The van der Waals surface area contributed by atoms with Crippen LogP contribution in [0.2, 0.25) is 0 Å². The van der Waals surface area contributed by atoms with Crippen LogP contribution in [0.5, 0.6) is 0 Å². The van der Waals surface area contributed by atoms with Crippen molar-refractivity contribution in [2.45, 2.75) is 52.9 Å². The highest BCUT2D eigenvalue weighted by atomic mass is 16.3. The number of hydrogen-bond acceptors (Lipinski definition) is 2. The molecule has 1 heterocycles. The maximum Gasteiger partial charge on any atom is 0.192 e. The minimum Gasteiger partial charge on any atom is -0.441 e. The Kier molecular flexibility index (Phi) is 3.23. The number of aryl methyl sites for hydroxylation is 1. The summed E-state index contributed by atoms with van der Waals surface area (Å²) >= 11 is 0. The van der Waals surface area contributed by atoms with Gasteiger partial charge < -0.3 is 4.42 Å². The molecule has 0 aliphatic carbocycles. The van der Waals surface area contributed by atoms with Crippen molar-refractivity contribution >= 4 is 11.1 Å². The molecule has 1 atom stereocenters. The van der Waals surface area contributed by atoms with E-state index in [2.05, 4.69) is 44.8 Å². The van der Waals surface area contributed by atoms with Gasteiger partial charge in [0.05, 0.1) is 0 Å². The average molecular weight is 231 g/mol. The van der Waals surface area contributed by atoms with Crippen LogP contribution in [0.3, 0.4) is 0 Å². The molecule has 0 amide bonds. The fourth-order valence-corrected chi connectivity index (χ4v) is 2.14. The molecule has 2 aromatic rings. The van der Waals surface area contributed by atoms with Crippen molar-refractivity contribution in [1.29, 1.82) is 0 Å². The Labute approximate surface area is 103 Å². The van der Waals surface area contributed by atoms with Crippen molar-refractivity contribution in [1.82, 2.24) is 4.98 Å². The second-order valence-corrected chi connectivity index (χ2v) is 5.16. The molecule has 2 heteroatoms. The standard InChI is InChI=1S/C15H21NO/c1-6-10(4)12-7-13(9(2)3)15-14(8-12)16-11(5)17-15/h7-10H,6H2,1-5H3. The number of aromatic nitrogens is 1. The average Bonchev–Trinajstić information content (AvgIpc) is 2.66. The summed E-state index contributed by atoms with van der Waals surface area (Å²) in [5.41, 5.74) is 4.61. The first kappa shape index (κ1) is 12.2. The predicted octanol–water partition coefficient (Wildman–Crippen LogP) is 4.77. The van der Waals surface area contributed by atoms with Gasteiger partial charge >= 0.3 is 0 Å². The van der Waals surface area contributed by atoms with Gasteiger partial charge in [-0.25, -0.2) is 4.98 Å². The van der Waals surface area contributed by atoms with Crippen molar-refractivity contribution in [2.24, 2.45) is 0 Å². The van der Waals surface area contributed by atoms with Gasteiger partial charge in [-0.05, 0) is 35.4 Å². The summed E-state index contributed by atoms with van der Waals surface area (Å²) in [5.74, 6) is 1.80. The van der Waals surface area contributed by atoms with E-state index in [9.17, 15) is 0 Å². The SMILES string of the molecule is CCC(C)c1cc(C(C)C)c2oc(C)nc2c1. The molecule has 92 valence electrons. The second-order valence-electron chi connectivity index (χ2n) is 5.16. The van der Waals surface area contributed by atoms with E-state index in [1.165, 1.54) is 11.1 Å². The van der Waals surface area contributed by atoms with Crippen molar-refractivity contribution in [3.8, 4) is 0 Å². The minimum absolute atomic E-state index is 0.467. The molecule has 2 rings (SSSR count). The summed E-state index contributed by atoms with van der Waals surface area (Å²) in [6, 6.07) is 4.46. The highest BCUT2D eigenvalue weighted by molar-refractivity contribution is 5.78. The van der Waals surface area contributed by atoms with Crippen LogP contribution >= 0.6 is 0 Å². The third-order valence-corrected chi connectivity index (χ3v) is 3.45. The summed E-state index contributed by atoms with van der Waals surface area (Å²) in [6.45, 7) is 10.8. The number of oxazole rings is 1. The van der Waals surface area contributed by atoms with Crippen LogP contribution in [-0.2, 0) is 0 Å². The maximum absolute atomic E-state index is 5.72. The Morgan fingerprint density at radius 1 is 1.24 bits per heavy atom. The molecule has 0 N–H and O–H groups in total. The first-order valence-electron chi connectivity index (χ1n) is 6.43. The van der Waals surface area contributed by atoms with Crippen LogP contribution in [0.4, 0.5) is 0 Å². The van der Waals surface area contributed by atoms with E-state index in [4.69, 9.17) is 4.42 Å². The number of nitrogens with zero attached hydrogens (tertiary/aromatic N) is 1. The lowest BCUT2D eigenvalue weighted by Crippen LogP contribution is -1.96. The summed E-state index contributed by atoms with van der Waals surface area (Å²) in [4.78, 5) is 4.47. The zero-order valence-electron chi connectivity index (χ0n) is 11.4. The number of benzene rings is 1. The van der Waals surface area contributed by atoms with Gasteiger partial charge in [0.2, 0.25) is 0 Å². The van der Waals surface area contributed by atoms with Gasteiger partial charge in [0, 0.05) is 6.92 Å². The Morgan fingerprint density at radius 2 is 1.94 bits per heavy atom. The van der Waals surface area contributed by atoms with Crippen molar-refractivity contribution in [2.75, 3.05) is 0 Å². The van der Waals surface area contributed by atoms with E-state index in [0.29, 0.717) is 11.8 Å². The summed E-state index contributed by atoms with van der Waals surface area (Å²) in [5, 5.41) is 0. The molecular weight excluding hydrogens is 210 g/mol. The van der Waals surface area contributed by atoms with Crippen LogP contribution in [0.1, 0.15) is 63.0 Å². The Morgan fingerprint density at radius 3 is 2.53 bits per heavy atom. The van der Waals surface area contributed by atoms with Crippen LogP contribution < -0.4 is 0 Å². The number of fused-ring (bicyclic) bond motifs is 1. The van der Waals surface area contributed by atoms with E-state index in [1.807, 2.05) is 6.92 Å². The van der Waals surface area contributed by atoms with Crippen molar-refractivity contribution in [3.05, 3.63) is 29.2 Å². The first-order chi connectivity index (χ1) is 8.02. The minimum atomic E-state index is 0.467. The number of rotatable bonds is 3. The molecule has 0 spiro atoms. The second kappa shape index (κ2) is 4.52. The molecule has 1 unspecified atom stereocenters. The summed E-state index contributed by atoms with van der Waals surface area (Å²) < 4.78 is 5.72.